The number of amides is 2. The average Bonchev–Trinajstić information content (AvgIpc) is 3.01. The van der Waals surface area contributed by atoms with E-state index >= 15 is 0 Å². The normalized spacial score (nSPS) is 15.9. The van der Waals surface area contributed by atoms with Crippen LogP contribution in [0.1, 0.15) is 35.7 Å². The van der Waals surface area contributed by atoms with Gasteiger partial charge >= 0.3 is 0 Å². The standard InChI is InChI=1S/C33H40N4O4/c1-24-14-16-37(17-15-24)33(39)28-23-26(34-32(38)22-25-8-11-27(40-2)12-9-25)10-13-29(28)35-18-20-36(21-19-35)30-6-4-5-7-31(30)41-3/h4-13,23-24H,14-22H2,1-3H3,(H,34,38). The van der Waals surface area contributed by atoms with E-state index in [4.69, 9.17) is 9.47 Å². The number of hydrogen-bond acceptors (Lipinski definition) is 6. The lowest BCUT2D eigenvalue weighted by Crippen LogP contribution is -2.47. The van der Waals surface area contributed by atoms with Gasteiger partial charge in [-0.25, -0.2) is 0 Å². The van der Waals surface area contributed by atoms with Crippen molar-refractivity contribution in [2.24, 2.45) is 5.92 Å². The van der Waals surface area contributed by atoms with Crippen molar-refractivity contribution < 1.29 is 19.1 Å². The first-order chi connectivity index (χ1) is 19.9. The maximum atomic E-state index is 13.9. The van der Waals surface area contributed by atoms with Crippen LogP contribution in [0.4, 0.5) is 17.1 Å². The quantitative estimate of drug-likeness (QED) is 0.417. The zero-order valence-corrected chi connectivity index (χ0v) is 24.3. The number of likely N-dealkylation sites (tertiary alicyclic amines) is 1. The van der Waals surface area contributed by atoms with Crippen LogP contribution in [-0.4, -0.2) is 70.2 Å². The highest BCUT2D eigenvalue weighted by molar-refractivity contribution is 6.02. The van der Waals surface area contributed by atoms with Gasteiger partial charge < -0.3 is 29.5 Å². The van der Waals surface area contributed by atoms with E-state index < -0.39 is 0 Å². The lowest BCUT2D eigenvalue weighted by atomic mass is 9.98. The third kappa shape index (κ3) is 6.76. The number of piperidine rings is 1. The van der Waals surface area contributed by atoms with E-state index in [1.165, 1.54) is 0 Å². The highest BCUT2D eigenvalue weighted by Crippen LogP contribution is 2.32. The van der Waals surface area contributed by atoms with E-state index in [2.05, 4.69) is 28.1 Å². The summed E-state index contributed by atoms with van der Waals surface area (Å²) in [5.74, 6) is 2.16. The molecule has 0 unspecified atom stereocenters. The Morgan fingerprint density at radius 2 is 1.46 bits per heavy atom. The minimum absolute atomic E-state index is 0.0327. The number of carbonyl (C=O) groups is 2. The topological polar surface area (TPSA) is 74.4 Å². The highest BCUT2D eigenvalue weighted by atomic mass is 16.5. The second-order valence-corrected chi connectivity index (χ2v) is 10.9. The van der Waals surface area contributed by atoms with Gasteiger partial charge in [0.05, 0.1) is 31.9 Å². The number of nitrogens with zero attached hydrogens (tertiary/aromatic N) is 3. The maximum absolute atomic E-state index is 13.9. The summed E-state index contributed by atoms with van der Waals surface area (Å²) in [6, 6.07) is 21.3. The lowest BCUT2D eigenvalue weighted by Gasteiger charge is -2.39. The van der Waals surface area contributed by atoms with Crippen LogP contribution in [0.2, 0.25) is 0 Å². The van der Waals surface area contributed by atoms with Gasteiger partial charge in [-0.1, -0.05) is 31.2 Å². The second kappa shape index (κ2) is 13.0. The number of ether oxygens (including phenoxy) is 2. The van der Waals surface area contributed by atoms with E-state index in [0.717, 1.165) is 80.5 Å². The summed E-state index contributed by atoms with van der Waals surface area (Å²) in [6.45, 7) is 6.94. The third-order valence-corrected chi connectivity index (χ3v) is 8.15. The van der Waals surface area contributed by atoms with Crippen LogP contribution in [-0.2, 0) is 11.2 Å². The molecule has 2 aliphatic heterocycles. The fraction of sp³-hybridized carbons (Fsp3) is 0.394. The highest BCUT2D eigenvalue weighted by Gasteiger charge is 2.27. The van der Waals surface area contributed by atoms with Crippen molar-refractivity contribution in [2.45, 2.75) is 26.2 Å². The van der Waals surface area contributed by atoms with E-state index in [1.807, 2.05) is 65.6 Å². The largest absolute Gasteiger partial charge is 0.497 e. The molecule has 0 saturated carbocycles. The third-order valence-electron chi connectivity index (χ3n) is 8.15. The first kappa shape index (κ1) is 28.3. The molecule has 2 saturated heterocycles. The maximum Gasteiger partial charge on any atom is 0.256 e. The molecule has 5 rings (SSSR count). The van der Waals surface area contributed by atoms with Gasteiger partial charge in [-0.05, 0) is 66.8 Å². The van der Waals surface area contributed by atoms with E-state index in [-0.39, 0.29) is 18.2 Å². The molecule has 41 heavy (non-hydrogen) atoms. The summed E-state index contributed by atoms with van der Waals surface area (Å²) in [7, 11) is 3.32. The molecule has 2 amide bonds. The number of benzene rings is 3. The van der Waals surface area contributed by atoms with Gasteiger partial charge in [-0.2, -0.15) is 0 Å². The Hall–Kier alpha value is -4.20. The number of para-hydroxylation sites is 2. The molecule has 3 aromatic rings. The number of piperazine rings is 1. The molecule has 3 aromatic carbocycles. The Labute approximate surface area is 242 Å². The summed E-state index contributed by atoms with van der Waals surface area (Å²) < 4.78 is 10.8. The molecule has 2 fully saturated rings. The van der Waals surface area contributed by atoms with E-state index in [9.17, 15) is 9.59 Å². The zero-order chi connectivity index (χ0) is 28.8. The summed E-state index contributed by atoms with van der Waals surface area (Å²) in [5, 5.41) is 3.01. The molecule has 0 aliphatic carbocycles. The predicted molar refractivity (Wildman–Crippen MR) is 163 cm³/mol. The van der Waals surface area contributed by atoms with Crippen LogP contribution in [0.25, 0.3) is 0 Å². The van der Waals surface area contributed by atoms with Crippen LogP contribution >= 0.6 is 0 Å². The molecule has 1 N–H and O–H groups in total. The molecular formula is C33H40N4O4. The van der Waals surface area contributed by atoms with Crippen molar-refractivity contribution in [2.75, 3.05) is 68.6 Å². The number of carbonyl (C=O) groups excluding carboxylic acids is 2. The lowest BCUT2D eigenvalue weighted by molar-refractivity contribution is -0.115. The Bertz CT molecular complexity index is 1340. The summed E-state index contributed by atoms with van der Waals surface area (Å²) >= 11 is 0. The molecule has 0 bridgehead atoms. The average molecular weight is 557 g/mol. The number of rotatable bonds is 8. The van der Waals surface area contributed by atoms with Crippen molar-refractivity contribution in [3.05, 3.63) is 77.9 Å². The molecule has 0 atom stereocenters. The Balaban J connectivity index is 1.34. The summed E-state index contributed by atoms with van der Waals surface area (Å²) in [5.41, 5.74) is 4.18. The summed E-state index contributed by atoms with van der Waals surface area (Å²) in [6.07, 6.45) is 2.26. The fourth-order valence-electron chi connectivity index (χ4n) is 5.66. The molecule has 8 nitrogen and oxygen atoms in total. The molecule has 2 heterocycles. The molecular weight excluding hydrogens is 516 g/mol. The number of methoxy groups -OCH3 is 2. The van der Waals surface area contributed by atoms with E-state index in [0.29, 0.717) is 17.2 Å². The number of nitrogens with one attached hydrogen (secondary N) is 1. The minimum atomic E-state index is -0.126. The summed E-state index contributed by atoms with van der Waals surface area (Å²) in [4.78, 5) is 33.4. The van der Waals surface area contributed by atoms with Gasteiger partial charge in [-0.3, -0.25) is 9.59 Å². The van der Waals surface area contributed by atoms with E-state index in [1.54, 1.807) is 14.2 Å². The van der Waals surface area contributed by atoms with Gasteiger partial charge in [0.15, 0.2) is 0 Å². The molecule has 2 aliphatic rings. The SMILES string of the molecule is COc1ccc(CC(=O)Nc2ccc(N3CCN(c4ccccc4OC)CC3)c(C(=O)N3CCC(C)CC3)c2)cc1. The smallest absolute Gasteiger partial charge is 0.256 e. The van der Waals surface area contributed by atoms with Gasteiger partial charge in [0.1, 0.15) is 11.5 Å². The molecule has 0 aromatic heterocycles. The van der Waals surface area contributed by atoms with Crippen molar-refractivity contribution in [3.8, 4) is 11.5 Å². The van der Waals surface area contributed by atoms with Gasteiger partial charge in [0.2, 0.25) is 5.91 Å². The molecule has 0 spiro atoms. The molecule has 8 heteroatoms. The number of anilines is 3. The van der Waals surface area contributed by atoms with Crippen LogP contribution in [0.15, 0.2) is 66.7 Å². The second-order valence-electron chi connectivity index (χ2n) is 10.9. The Kier molecular flexibility index (Phi) is 8.97. The zero-order valence-electron chi connectivity index (χ0n) is 24.3. The molecule has 0 radical (unpaired) electrons. The minimum Gasteiger partial charge on any atom is -0.497 e. The van der Waals surface area contributed by atoms with Crippen LogP contribution in [0, 0.1) is 5.92 Å². The van der Waals surface area contributed by atoms with Gasteiger partial charge in [0.25, 0.3) is 5.91 Å². The van der Waals surface area contributed by atoms with Crippen LogP contribution in [0.5, 0.6) is 11.5 Å². The van der Waals surface area contributed by atoms with Crippen molar-refractivity contribution in [1.29, 1.82) is 0 Å². The predicted octanol–water partition coefficient (Wildman–Crippen LogP) is 5.08. The van der Waals surface area contributed by atoms with Crippen molar-refractivity contribution in [1.82, 2.24) is 4.90 Å². The van der Waals surface area contributed by atoms with Crippen LogP contribution in [0.3, 0.4) is 0 Å². The first-order valence-electron chi connectivity index (χ1n) is 14.4. The van der Waals surface area contributed by atoms with Crippen molar-refractivity contribution >= 4 is 28.9 Å². The van der Waals surface area contributed by atoms with Gasteiger partial charge in [-0.15, -0.1) is 0 Å². The molecule has 216 valence electrons. The van der Waals surface area contributed by atoms with Crippen LogP contribution < -0.4 is 24.6 Å². The Morgan fingerprint density at radius 3 is 2.12 bits per heavy atom. The monoisotopic (exact) mass is 556 g/mol. The van der Waals surface area contributed by atoms with Gasteiger partial charge in [0, 0.05) is 50.6 Å². The Morgan fingerprint density at radius 1 is 0.805 bits per heavy atom. The fourth-order valence-corrected chi connectivity index (χ4v) is 5.66. The first-order valence-corrected chi connectivity index (χ1v) is 14.4. The number of hydrogen-bond donors (Lipinski definition) is 1. The van der Waals surface area contributed by atoms with Crippen molar-refractivity contribution in [3.63, 3.8) is 0 Å².